The van der Waals surface area contributed by atoms with Crippen molar-refractivity contribution >= 4 is 23.5 Å². The number of aromatic nitrogens is 3. The van der Waals surface area contributed by atoms with Crippen LogP contribution in [-0.2, 0) is 0 Å². The molecule has 0 bridgehead atoms. The highest BCUT2D eigenvalue weighted by Crippen LogP contribution is 2.27. The summed E-state index contributed by atoms with van der Waals surface area (Å²) in [5.41, 5.74) is -0.674. The molecule has 1 aromatic rings. The van der Waals surface area contributed by atoms with Crippen molar-refractivity contribution in [3.05, 3.63) is 5.28 Å². The zero-order valence-corrected chi connectivity index (χ0v) is 13.3. The van der Waals surface area contributed by atoms with Gasteiger partial charge in [-0.15, -0.1) is 0 Å². The topological polar surface area (TPSA) is 83.0 Å². The Kier molecular flexibility index (Phi) is 5.99. The third-order valence-electron chi connectivity index (χ3n) is 3.75. The Balaban J connectivity index is 1.96. The van der Waals surface area contributed by atoms with Gasteiger partial charge in [-0.1, -0.05) is 32.6 Å². The maximum atomic E-state index is 10.6. The lowest BCUT2D eigenvalue weighted by atomic mass is 9.95. The van der Waals surface area contributed by atoms with Gasteiger partial charge in [0.2, 0.25) is 17.2 Å². The van der Waals surface area contributed by atoms with Crippen molar-refractivity contribution in [3.8, 4) is 0 Å². The molecule has 7 heteroatoms. The Bertz CT molecular complexity index is 449. The second-order valence-electron chi connectivity index (χ2n) is 5.67. The van der Waals surface area contributed by atoms with Gasteiger partial charge in [0, 0.05) is 13.1 Å². The van der Waals surface area contributed by atoms with Crippen LogP contribution in [0.15, 0.2) is 0 Å². The number of aliphatic hydroxyl groups is 1. The second kappa shape index (κ2) is 7.75. The van der Waals surface area contributed by atoms with E-state index < -0.39 is 5.60 Å². The molecule has 0 unspecified atom stereocenters. The first-order chi connectivity index (χ1) is 10.1. The highest BCUT2D eigenvalue weighted by Gasteiger charge is 2.28. The smallest absolute Gasteiger partial charge is 0.228 e. The Morgan fingerprint density at radius 1 is 1.05 bits per heavy atom. The van der Waals surface area contributed by atoms with Crippen LogP contribution >= 0.6 is 11.6 Å². The molecule has 0 radical (unpaired) electrons. The first kappa shape index (κ1) is 16.2. The van der Waals surface area contributed by atoms with Crippen molar-refractivity contribution in [1.82, 2.24) is 15.0 Å². The molecule has 0 spiro atoms. The molecule has 0 aliphatic heterocycles. The summed E-state index contributed by atoms with van der Waals surface area (Å²) in [4.78, 5) is 12.4. The first-order valence-electron chi connectivity index (χ1n) is 7.73. The third kappa shape index (κ3) is 5.28. The van der Waals surface area contributed by atoms with Gasteiger partial charge in [0.15, 0.2) is 0 Å². The minimum Gasteiger partial charge on any atom is -0.388 e. The Morgan fingerprint density at radius 3 is 2.29 bits per heavy atom. The van der Waals surface area contributed by atoms with Gasteiger partial charge in [-0.2, -0.15) is 15.0 Å². The van der Waals surface area contributed by atoms with Crippen LogP contribution in [0, 0.1) is 0 Å². The zero-order chi connectivity index (χ0) is 15.1. The molecule has 1 aliphatic carbocycles. The van der Waals surface area contributed by atoms with Crippen molar-refractivity contribution in [2.75, 3.05) is 23.7 Å². The molecule has 1 saturated carbocycles. The summed E-state index contributed by atoms with van der Waals surface area (Å²) in [6.07, 6.45) is 7.15. The quantitative estimate of drug-likeness (QED) is 0.700. The Morgan fingerprint density at radius 2 is 1.67 bits per heavy atom. The van der Waals surface area contributed by atoms with Gasteiger partial charge in [-0.25, -0.2) is 0 Å². The van der Waals surface area contributed by atoms with Gasteiger partial charge in [0.05, 0.1) is 5.60 Å². The van der Waals surface area contributed by atoms with E-state index in [-0.39, 0.29) is 5.28 Å². The van der Waals surface area contributed by atoms with Crippen molar-refractivity contribution in [2.24, 2.45) is 0 Å². The fourth-order valence-corrected chi connectivity index (χ4v) is 2.71. The lowest BCUT2D eigenvalue weighted by Gasteiger charge is -2.26. The van der Waals surface area contributed by atoms with E-state index in [0.717, 1.165) is 38.6 Å². The molecule has 118 valence electrons. The summed E-state index contributed by atoms with van der Waals surface area (Å²) < 4.78 is 0. The van der Waals surface area contributed by atoms with E-state index in [9.17, 15) is 5.11 Å². The lowest BCUT2D eigenvalue weighted by Crippen LogP contribution is -2.36. The molecule has 0 amide bonds. The largest absolute Gasteiger partial charge is 0.388 e. The van der Waals surface area contributed by atoms with Crippen molar-refractivity contribution < 1.29 is 5.11 Å². The third-order valence-corrected chi connectivity index (χ3v) is 3.92. The minimum atomic E-state index is -0.674. The van der Waals surface area contributed by atoms with Crippen molar-refractivity contribution in [2.45, 2.75) is 57.5 Å². The summed E-state index contributed by atoms with van der Waals surface area (Å²) >= 11 is 5.91. The number of hydrogen-bond acceptors (Lipinski definition) is 6. The van der Waals surface area contributed by atoms with Gasteiger partial charge in [0.25, 0.3) is 0 Å². The summed E-state index contributed by atoms with van der Waals surface area (Å²) in [5.74, 6) is 0.874. The molecule has 3 N–H and O–H groups in total. The molecule has 0 aromatic carbocycles. The van der Waals surface area contributed by atoms with Crippen LogP contribution in [0.2, 0.25) is 5.28 Å². The highest BCUT2D eigenvalue weighted by atomic mass is 35.5. The molecule has 1 aromatic heterocycles. The molecular weight excluding hydrogens is 290 g/mol. The van der Waals surface area contributed by atoms with E-state index in [1.807, 2.05) is 0 Å². The monoisotopic (exact) mass is 313 g/mol. The highest BCUT2D eigenvalue weighted by molar-refractivity contribution is 6.28. The number of rotatable bonds is 6. The Hall–Kier alpha value is -1.14. The Labute approximate surface area is 130 Å². The average Bonchev–Trinajstić information content (AvgIpc) is 2.68. The average molecular weight is 314 g/mol. The molecule has 6 nitrogen and oxygen atoms in total. The predicted molar refractivity (Wildman–Crippen MR) is 84.8 cm³/mol. The fourth-order valence-electron chi connectivity index (χ4n) is 2.55. The number of hydrogen-bond donors (Lipinski definition) is 3. The minimum absolute atomic E-state index is 0.152. The molecule has 1 fully saturated rings. The number of nitrogens with one attached hydrogen (secondary N) is 2. The van der Waals surface area contributed by atoms with Crippen LogP contribution < -0.4 is 10.6 Å². The SMILES string of the molecule is CCCNc1nc(Cl)nc(NCC2(O)CCCCCC2)n1. The van der Waals surface area contributed by atoms with Crippen molar-refractivity contribution in [1.29, 1.82) is 0 Å². The van der Waals surface area contributed by atoms with Gasteiger partial charge in [-0.05, 0) is 30.9 Å². The van der Waals surface area contributed by atoms with E-state index in [4.69, 9.17) is 11.6 Å². The summed E-state index contributed by atoms with van der Waals surface area (Å²) in [5, 5.41) is 16.9. The van der Waals surface area contributed by atoms with Gasteiger partial charge in [-0.3, -0.25) is 0 Å². The second-order valence-corrected chi connectivity index (χ2v) is 6.01. The van der Waals surface area contributed by atoms with E-state index in [1.54, 1.807) is 0 Å². The maximum absolute atomic E-state index is 10.6. The molecule has 0 saturated heterocycles. The van der Waals surface area contributed by atoms with E-state index in [1.165, 1.54) is 12.8 Å². The zero-order valence-electron chi connectivity index (χ0n) is 12.5. The molecule has 1 heterocycles. The van der Waals surface area contributed by atoms with Gasteiger partial charge >= 0.3 is 0 Å². The van der Waals surface area contributed by atoms with Crippen molar-refractivity contribution in [3.63, 3.8) is 0 Å². The summed E-state index contributed by atoms with van der Waals surface area (Å²) in [6.45, 7) is 3.29. The number of halogens is 1. The van der Waals surface area contributed by atoms with Crippen LogP contribution in [0.3, 0.4) is 0 Å². The first-order valence-corrected chi connectivity index (χ1v) is 8.11. The molecule has 1 aliphatic rings. The van der Waals surface area contributed by atoms with E-state index >= 15 is 0 Å². The van der Waals surface area contributed by atoms with E-state index in [0.29, 0.717) is 18.4 Å². The fraction of sp³-hybridized carbons (Fsp3) is 0.786. The molecule has 0 atom stereocenters. The van der Waals surface area contributed by atoms with Crippen LogP contribution in [0.1, 0.15) is 51.9 Å². The predicted octanol–water partition coefficient (Wildman–Crippen LogP) is 2.84. The molecular formula is C14H24ClN5O. The van der Waals surface area contributed by atoms with Gasteiger partial charge < -0.3 is 15.7 Å². The van der Waals surface area contributed by atoms with Crippen LogP contribution in [-0.4, -0.2) is 38.7 Å². The van der Waals surface area contributed by atoms with Gasteiger partial charge in [0.1, 0.15) is 0 Å². The maximum Gasteiger partial charge on any atom is 0.228 e. The van der Waals surface area contributed by atoms with Crippen LogP contribution in [0.4, 0.5) is 11.9 Å². The van der Waals surface area contributed by atoms with Crippen LogP contribution in [0.5, 0.6) is 0 Å². The number of nitrogens with zero attached hydrogens (tertiary/aromatic N) is 3. The lowest BCUT2D eigenvalue weighted by molar-refractivity contribution is 0.0379. The summed E-state index contributed by atoms with van der Waals surface area (Å²) in [7, 11) is 0. The normalized spacial score (nSPS) is 18.0. The standard InChI is InChI=1S/C14H24ClN5O/c1-2-9-16-12-18-11(15)19-13(20-12)17-10-14(21)7-5-3-4-6-8-14/h21H,2-10H2,1H3,(H2,16,17,18,19,20). The van der Waals surface area contributed by atoms with E-state index in [2.05, 4.69) is 32.5 Å². The molecule has 21 heavy (non-hydrogen) atoms. The molecule has 2 rings (SSSR count). The number of anilines is 2. The van der Waals surface area contributed by atoms with Crippen LogP contribution in [0.25, 0.3) is 0 Å². The summed E-state index contributed by atoms with van der Waals surface area (Å²) in [6, 6.07) is 0.